The van der Waals surface area contributed by atoms with Crippen LogP contribution >= 0.6 is 0 Å². The summed E-state index contributed by atoms with van der Waals surface area (Å²) >= 11 is 0. The van der Waals surface area contributed by atoms with Gasteiger partial charge < -0.3 is 9.90 Å². The standard InChI is InChI=1S/C12H22N2O2/c1-3-5-7-13-9-10-14(8-6-4-2)11(13)12(15)16/h3-10H2,1-2H3. The van der Waals surface area contributed by atoms with Crippen molar-refractivity contribution in [2.45, 2.75) is 39.5 Å². The largest absolute Gasteiger partial charge is 0.538 e. The first kappa shape index (κ1) is 13.0. The van der Waals surface area contributed by atoms with Crippen LogP contribution in [0.15, 0.2) is 0 Å². The lowest BCUT2D eigenvalue weighted by molar-refractivity contribution is -0.519. The highest BCUT2D eigenvalue weighted by Gasteiger charge is 2.30. The molecule has 1 rings (SSSR count). The molecule has 1 heterocycles. The predicted molar refractivity (Wildman–Crippen MR) is 61.4 cm³/mol. The molecular formula is C12H22N2O2. The summed E-state index contributed by atoms with van der Waals surface area (Å²) in [7, 11) is 0. The van der Waals surface area contributed by atoms with Crippen LogP contribution < -0.4 is 5.11 Å². The van der Waals surface area contributed by atoms with Crippen molar-refractivity contribution >= 4 is 11.8 Å². The number of hydrogen-bond donors (Lipinski definition) is 0. The number of rotatable bonds is 7. The Morgan fingerprint density at radius 1 is 1.38 bits per heavy atom. The van der Waals surface area contributed by atoms with Crippen molar-refractivity contribution < 1.29 is 14.5 Å². The van der Waals surface area contributed by atoms with E-state index in [-0.39, 0.29) is 0 Å². The van der Waals surface area contributed by atoms with Crippen LogP contribution in [0.5, 0.6) is 0 Å². The molecule has 0 N–H and O–H groups in total. The van der Waals surface area contributed by atoms with Crippen LogP contribution in [-0.2, 0) is 4.79 Å². The van der Waals surface area contributed by atoms with E-state index in [0.29, 0.717) is 5.84 Å². The molecule has 0 radical (unpaired) electrons. The number of hydrogen-bond acceptors (Lipinski definition) is 3. The van der Waals surface area contributed by atoms with Gasteiger partial charge >= 0.3 is 0 Å². The van der Waals surface area contributed by atoms with Crippen molar-refractivity contribution in [2.75, 3.05) is 26.2 Å². The van der Waals surface area contributed by atoms with Gasteiger partial charge in [0.1, 0.15) is 13.1 Å². The van der Waals surface area contributed by atoms with Gasteiger partial charge in [-0.05, 0) is 12.8 Å². The second-order valence-corrected chi connectivity index (χ2v) is 4.29. The number of amidine groups is 1. The molecule has 0 saturated carbocycles. The average Bonchev–Trinajstić information content (AvgIpc) is 2.66. The van der Waals surface area contributed by atoms with Gasteiger partial charge in [-0.1, -0.05) is 26.7 Å². The number of carbonyl (C=O) groups is 1. The molecule has 92 valence electrons. The van der Waals surface area contributed by atoms with Gasteiger partial charge in [-0.25, -0.2) is 0 Å². The molecule has 0 atom stereocenters. The number of unbranched alkanes of at least 4 members (excludes halogenated alkanes) is 2. The molecule has 4 heteroatoms. The summed E-state index contributed by atoms with van der Waals surface area (Å²) in [4.78, 5) is 13.1. The molecule has 0 amide bonds. The lowest BCUT2D eigenvalue weighted by Gasteiger charge is -2.13. The Balaban J connectivity index is 2.67. The van der Waals surface area contributed by atoms with E-state index in [1.54, 1.807) is 0 Å². The third kappa shape index (κ3) is 3.22. The highest BCUT2D eigenvalue weighted by Crippen LogP contribution is 2.05. The predicted octanol–water partition coefficient (Wildman–Crippen LogP) is 0.0631. The van der Waals surface area contributed by atoms with Crippen LogP contribution in [0.1, 0.15) is 39.5 Å². The van der Waals surface area contributed by atoms with Crippen molar-refractivity contribution in [1.29, 1.82) is 0 Å². The summed E-state index contributed by atoms with van der Waals surface area (Å²) in [6.07, 6.45) is 4.26. The molecule has 0 aromatic rings. The summed E-state index contributed by atoms with van der Waals surface area (Å²) in [5, 5.41) is 11.1. The molecule has 0 saturated heterocycles. The summed E-state index contributed by atoms with van der Waals surface area (Å²) in [6, 6.07) is 0. The lowest BCUT2D eigenvalue weighted by Crippen LogP contribution is -2.44. The second-order valence-electron chi connectivity index (χ2n) is 4.29. The van der Waals surface area contributed by atoms with Crippen LogP contribution in [-0.4, -0.2) is 47.5 Å². The molecule has 1 aliphatic rings. The Kier molecular flexibility index (Phi) is 5.29. The minimum absolute atomic E-state index is 0.405. The first-order chi connectivity index (χ1) is 7.70. The Morgan fingerprint density at radius 3 is 2.62 bits per heavy atom. The molecule has 16 heavy (non-hydrogen) atoms. The van der Waals surface area contributed by atoms with Gasteiger partial charge in [-0.3, -0.25) is 9.48 Å². The SMILES string of the molecule is CCCCN1CC[N+](CCCC)=C1C(=O)[O-]. The van der Waals surface area contributed by atoms with Crippen molar-refractivity contribution in [1.82, 2.24) is 4.90 Å². The van der Waals surface area contributed by atoms with Crippen molar-refractivity contribution in [3.63, 3.8) is 0 Å². The Morgan fingerprint density at radius 2 is 2.06 bits per heavy atom. The Hall–Kier alpha value is -1.06. The van der Waals surface area contributed by atoms with Gasteiger partial charge in [0.25, 0.3) is 5.84 Å². The van der Waals surface area contributed by atoms with Crippen molar-refractivity contribution in [3.8, 4) is 0 Å². The third-order valence-corrected chi connectivity index (χ3v) is 2.98. The van der Waals surface area contributed by atoms with Crippen molar-refractivity contribution in [3.05, 3.63) is 0 Å². The minimum Gasteiger partial charge on any atom is -0.538 e. The zero-order valence-corrected chi connectivity index (χ0v) is 10.4. The van der Waals surface area contributed by atoms with Crippen molar-refractivity contribution in [2.24, 2.45) is 0 Å². The molecule has 0 unspecified atom stereocenters. The van der Waals surface area contributed by atoms with E-state index in [1.165, 1.54) is 0 Å². The van der Waals surface area contributed by atoms with Gasteiger partial charge in [0.05, 0.1) is 13.1 Å². The number of carboxylic acid groups (broad SMARTS) is 1. The fourth-order valence-corrected chi connectivity index (χ4v) is 2.04. The van der Waals surface area contributed by atoms with Crippen LogP contribution in [0.25, 0.3) is 0 Å². The first-order valence-electron chi connectivity index (χ1n) is 6.28. The molecule has 0 fully saturated rings. The van der Waals surface area contributed by atoms with E-state index in [2.05, 4.69) is 13.8 Å². The molecule has 0 bridgehead atoms. The fraction of sp³-hybridized carbons (Fsp3) is 0.833. The van der Waals surface area contributed by atoms with Gasteiger partial charge in [0.2, 0.25) is 0 Å². The first-order valence-corrected chi connectivity index (χ1v) is 6.28. The highest BCUT2D eigenvalue weighted by atomic mass is 16.4. The van der Waals surface area contributed by atoms with Gasteiger partial charge in [0, 0.05) is 0 Å². The highest BCUT2D eigenvalue weighted by molar-refractivity contribution is 6.31. The average molecular weight is 226 g/mol. The van der Waals surface area contributed by atoms with Gasteiger partial charge in [-0.15, -0.1) is 0 Å². The summed E-state index contributed by atoms with van der Waals surface area (Å²) in [5.41, 5.74) is 0. The molecular weight excluding hydrogens is 204 g/mol. The molecule has 1 aliphatic heterocycles. The van der Waals surface area contributed by atoms with Gasteiger partial charge in [-0.2, -0.15) is 0 Å². The van der Waals surface area contributed by atoms with Crippen LogP contribution in [0.2, 0.25) is 0 Å². The molecule has 0 aromatic carbocycles. The van der Waals surface area contributed by atoms with E-state index >= 15 is 0 Å². The monoisotopic (exact) mass is 226 g/mol. The number of carbonyl (C=O) groups excluding carboxylic acids is 1. The maximum absolute atomic E-state index is 11.1. The van der Waals surface area contributed by atoms with E-state index in [4.69, 9.17) is 0 Å². The van der Waals surface area contributed by atoms with E-state index < -0.39 is 5.97 Å². The maximum Gasteiger partial charge on any atom is 0.295 e. The van der Waals surface area contributed by atoms with E-state index in [0.717, 1.165) is 51.9 Å². The molecule has 4 nitrogen and oxygen atoms in total. The zero-order chi connectivity index (χ0) is 12.0. The molecule has 0 aliphatic carbocycles. The summed E-state index contributed by atoms with van der Waals surface area (Å²) in [5.74, 6) is -0.619. The van der Waals surface area contributed by atoms with Crippen LogP contribution in [0, 0.1) is 0 Å². The normalized spacial score (nSPS) is 16.0. The van der Waals surface area contributed by atoms with E-state index in [1.807, 2.05) is 9.48 Å². The summed E-state index contributed by atoms with van der Waals surface area (Å²) in [6.45, 7) is 7.55. The molecule has 0 spiro atoms. The quantitative estimate of drug-likeness (QED) is 0.577. The Labute approximate surface area is 97.6 Å². The minimum atomic E-state index is -1.02. The van der Waals surface area contributed by atoms with E-state index in [9.17, 15) is 9.90 Å². The lowest BCUT2D eigenvalue weighted by atomic mass is 10.3. The fourth-order valence-electron chi connectivity index (χ4n) is 2.04. The smallest absolute Gasteiger partial charge is 0.295 e. The van der Waals surface area contributed by atoms with Gasteiger partial charge in [0.15, 0.2) is 5.97 Å². The topological polar surface area (TPSA) is 46.4 Å². The Bertz CT molecular complexity index is 274. The second kappa shape index (κ2) is 6.51. The number of aliphatic carboxylic acids is 1. The number of nitrogens with zero attached hydrogens (tertiary/aromatic N) is 2. The maximum atomic E-state index is 11.1. The summed E-state index contributed by atoms with van der Waals surface area (Å²) < 4.78 is 1.95. The zero-order valence-electron chi connectivity index (χ0n) is 10.4. The third-order valence-electron chi connectivity index (χ3n) is 2.98. The van der Waals surface area contributed by atoms with Crippen LogP contribution in [0.3, 0.4) is 0 Å². The molecule has 0 aromatic heterocycles. The number of carboxylic acids is 1. The van der Waals surface area contributed by atoms with Crippen LogP contribution in [0.4, 0.5) is 0 Å².